The van der Waals surface area contributed by atoms with Crippen LogP contribution in [0.3, 0.4) is 0 Å². The van der Waals surface area contributed by atoms with E-state index in [1.54, 1.807) is 27.0 Å². The molecule has 5 N–H and O–H groups in total. The minimum absolute atomic E-state index is 0.0224. The maximum atomic E-state index is 14.3. The number of ether oxygens (including phenoxy) is 7. The number of hydrogen-bond acceptors (Lipinski definition) is 14. The van der Waals surface area contributed by atoms with Gasteiger partial charge in [0.15, 0.2) is 24.6 Å². The molecule has 8 atom stereocenters. The van der Waals surface area contributed by atoms with Gasteiger partial charge in [0.2, 0.25) is 5.78 Å². The van der Waals surface area contributed by atoms with Gasteiger partial charge in [-0.2, -0.15) is 11.4 Å². The maximum Gasteiger partial charge on any atom is 0.407 e. The number of phenols is 2. The summed E-state index contributed by atoms with van der Waals surface area (Å²) in [6, 6.07) is 20.4. The van der Waals surface area contributed by atoms with E-state index in [0.29, 0.717) is 13.2 Å². The first-order valence-electron chi connectivity index (χ1n) is 22.5. The predicted octanol–water partition coefficient (Wildman–Crippen LogP) is 5.62. The predicted molar refractivity (Wildman–Crippen MR) is 245 cm³/mol. The monoisotopic (exact) mass is 938 g/mol. The number of benzene rings is 4. The minimum atomic E-state index is -2.12. The van der Waals surface area contributed by atoms with E-state index in [1.165, 1.54) is 19.2 Å². The van der Waals surface area contributed by atoms with Crippen molar-refractivity contribution < 1.29 is 68.0 Å². The summed E-state index contributed by atoms with van der Waals surface area (Å²) < 4.78 is 41.2. The number of carbonyl (C=O) groups is 3. The van der Waals surface area contributed by atoms with Crippen molar-refractivity contribution in [3.05, 3.63) is 111 Å². The van der Waals surface area contributed by atoms with Gasteiger partial charge in [-0.1, -0.05) is 60.7 Å². The lowest BCUT2D eigenvalue weighted by Crippen LogP contribution is -2.55. The van der Waals surface area contributed by atoms with E-state index in [4.69, 9.17) is 33.2 Å². The number of amides is 1. The molecule has 0 unspecified atom stereocenters. The van der Waals surface area contributed by atoms with Crippen molar-refractivity contribution in [3.8, 4) is 28.4 Å². The maximum absolute atomic E-state index is 14.3. The molecule has 0 bridgehead atoms. The van der Waals surface area contributed by atoms with Gasteiger partial charge in [0.05, 0.1) is 42.6 Å². The molecule has 354 valence electrons. The van der Waals surface area contributed by atoms with E-state index in [2.05, 4.69) is 22.3 Å². The lowest BCUT2D eigenvalue weighted by molar-refractivity contribution is -0.255. The highest BCUT2D eigenvalue weighted by Gasteiger charge is 2.55. The molecular weight excluding hydrogens is 885 g/mol. The molecule has 0 spiro atoms. The van der Waals surface area contributed by atoms with Crippen LogP contribution in [-0.4, -0.2) is 136 Å². The molecule has 3 heterocycles. The highest BCUT2D eigenvalue weighted by Crippen LogP contribution is 2.53. The number of alkyl carbamates (subject to hydrolysis) is 1. The number of ketones is 2. The highest BCUT2D eigenvalue weighted by molar-refractivity contribution is 7.99. The van der Waals surface area contributed by atoms with Crippen LogP contribution in [0.15, 0.2) is 66.7 Å². The molecule has 16 nitrogen and oxygen atoms in total. The van der Waals surface area contributed by atoms with Gasteiger partial charge in [-0.3, -0.25) is 14.5 Å². The van der Waals surface area contributed by atoms with E-state index < -0.39 is 93.1 Å². The van der Waals surface area contributed by atoms with Crippen LogP contribution in [0.25, 0.3) is 11.1 Å². The number of rotatable bonds is 10. The van der Waals surface area contributed by atoms with Gasteiger partial charge in [-0.25, -0.2) is 4.79 Å². The molecule has 1 amide bonds. The molecule has 0 radical (unpaired) electrons. The van der Waals surface area contributed by atoms with E-state index in [1.807, 2.05) is 43.3 Å². The summed E-state index contributed by atoms with van der Waals surface area (Å²) in [5.41, 5.74) is 1.18. The second kappa shape index (κ2) is 17.4. The second-order valence-corrected chi connectivity index (χ2v) is 20.5. The van der Waals surface area contributed by atoms with Crippen LogP contribution >= 0.6 is 11.4 Å². The van der Waals surface area contributed by atoms with E-state index >= 15 is 0 Å². The second-order valence-electron chi connectivity index (χ2n) is 18.6. The van der Waals surface area contributed by atoms with E-state index in [0.717, 1.165) is 22.3 Å². The molecule has 67 heavy (non-hydrogen) atoms. The zero-order valence-electron chi connectivity index (χ0n) is 37.7. The number of phenolic OH excluding ortho intramolecular Hbond substituents is 2. The number of fused-ring (bicyclic) bond motifs is 9. The highest BCUT2D eigenvalue weighted by atomic mass is 32.1. The van der Waals surface area contributed by atoms with Gasteiger partial charge in [-0.15, -0.1) is 0 Å². The molecule has 3 aliphatic carbocycles. The van der Waals surface area contributed by atoms with Crippen molar-refractivity contribution in [2.24, 2.45) is 0 Å². The van der Waals surface area contributed by atoms with Gasteiger partial charge < -0.3 is 58.9 Å². The van der Waals surface area contributed by atoms with Crippen LogP contribution in [0.2, 0.25) is 0 Å². The topological polar surface area (TPSA) is 212 Å². The molecule has 17 heteroatoms. The Hall–Kier alpha value is -5.21. The zero-order chi connectivity index (χ0) is 47.1. The van der Waals surface area contributed by atoms with Gasteiger partial charge in [0.1, 0.15) is 40.6 Å². The van der Waals surface area contributed by atoms with Crippen molar-refractivity contribution in [1.29, 1.82) is 0 Å². The Balaban J connectivity index is 0.934. The Morgan fingerprint density at radius 1 is 0.925 bits per heavy atom. The van der Waals surface area contributed by atoms with Gasteiger partial charge in [0.25, 0.3) is 0 Å². The number of morpholine rings is 1. The van der Waals surface area contributed by atoms with Crippen molar-refractivity contribution in [2.45, 2.75) is 99.5 Å². The largest absolute Gasteiger partial charge is 0.507 e. The summed E-state index contributed by atoms with van der Waals surface area (Å²) in [4.78, 5) is 43.9. The molecule has 6 aliphatic rings. The molecular formula is C50H54N2O14S. The van der Waals surface area contributed by atoms with Crippen LogP contribution < -0.4 is 10.1 Å². The average molecular weight is 939 g/mol. The third-order valence-corrected chi connectivity index (χ3v) is 15.4. The molecule has 3 fully saturated rings. The van der Waals surface area contributed by atoms with Crippen molar-refractivity contribution in [1.82, 2.24) is 10.2 Å². The third-order valence-electron chi connectivity index (χ3n) is 14.0. The molecule has 0 saturated carbocycles. The van der Waals surface area contributed by atoms with Crippen LogP contribution in [-0.2, 0) is 34.8 Å². The van der Waals surface area contributed by atoms with Crippen LogP contribution in [0.4, 0.5) is 4.79 Å². The smallest absolute Gasteiger partial charge is 0.407 e. The van der Waals surface area contributed by atoms with Crippen molar-refractivity contribution in [2.75, 3.05) is 40.5 Å². The Labute approximate surface area is 390 Å². The first kappa shape index (κ1) is 45.6. The summed E-state index contributed by atoms with van der Waals surface area (Å²) in [6.07, 6.45) is -5.39. The molecule has 3 aliphatic heterocycles. The van der Waals surface area contributed by atoms with E-state index in [9.17, 15) is 34.8 Å². The molecule has 10 rings (SSSR count). The normalized spacial score (nSPS) is 27.9. The van der Waals surface area contributed by atoms with Crippen molar-refractivity contribution >= 4 is 34.1 Å². The Morgan fingerprint density at radius 3 is 2.31 bits per heavy atom. The summed E-state index contributed by atoms with van der Waals surface area (Å²) >= 11 is 0.213. The fourth-order valence-electron chi connectivity index (χ4n) is 10.9. The first-order valence-corrected chi connectivity index (χ1v) is 23.4. The van der Waals surface area contributed by atoms with Gasteiger partial charge >= 0.3 is 6.09 Å². The lowest BCUT2D eigenvalue weighted by Gasteiger charge is -2.44. The number of aromatic hydroxyl groups is 2. The number of nitrogens with zero attached hydrogens (tertiary/aromatic N) is 1. The van der Waals surface area contributed by atoms with Crippen LogP contribution in [0.1, 0.15) is 99.7 Å². The standard InChI is InChI=1S/C50H54N2O14S/c1-24-44-32(52-17-18-62-46(61-5)45(52)66-44)19-35(64-24)65-34-21-50(59,20-30-37(34)43(56)39-38(41(30)54)40(53)29-15-10-16-33(60-4)36(29)42(39)55)47(57)67-49(2,3)23-51-48(58)63-22-31-27-13-8-6-11-25(27)26-12-7-9-14-28(26)31/h6-16,24,31-32,34-35,44-46,54,56-57,59,67H,17-23H2,1-5H3,(H,51,58)/t24-,32-,34-,35-,44+,45+,46-,50-/m0/s1. The number of hydrogen-bond donors (Lipinski definition) is 6. The van der Waals surface area contributed by atoms with Crippen molar-refractivity contribution in [3.63, 3.8) is 0 Å². The summed E-state index contributed by atoms with van der Waals surface area (Å²) in [6.45, 7) is 6.56. The number of aliphatic hydroxyl groups excluding tert-OH is 1. The number of aliphatic hydroxyl groups is 2. The molecule has 0 aromatic heterocycles. The lowest BCUT2D eigenvalue weighted by atomic mass is 9.73. The number of methoxy groups -OCH3 is 2. The summed E-state index contributed by atoms with van der Waals surface area (Å²) in [5.74, 6) is -2.73. The summed E-state index contributed by atoms with van der Waals surface area (Å²) in [5, 5.41) is 51.4. The number of carbonyl (C=O) groups excluding carboxylic acids is 3. The van der Waals surface area contributed by atoms with Gasteiger partial charge in [0, 0.05) is 72.9 Å². The molecule has 4 aromatic rings. The Bertz CT molecular complexity index is 2660. The minimum Gasteiger partial charge on any atom is -0.507 e. The Morgan fingerprint density at radius 2 is 1.61 bits per heavy atom. The fraction of sp³-hybridized carbons (Fsp3) is 0.440. The summed E-state index contributed by atoms with van der Waals surface area (Å²) in [7, 11) is 2.91. The van der Waals surface area contributed by atoms with Crippen LogP contribution in [0, 0.1) is 0 Å². The number of thiol groups is 1. The zero-order valence-corrected chi connectivity index (χ0v) is 38.6. The van der Waals surface area contributed by atoms with Crippen LogP contribution in [0.5, 0.6) is 17.2 Å². The van der Waals surface area contributed by atoms with Gasteiger partial charge in [-0.05, 0) is 49.1 Å². The first-order chi connectivity index (χ1) is 32.1. The third kappa shape index (κ3) is 7.74. The quantitative estimate of drug-likeness (QED) is 0.0570. The fourth-order valence-corrected chi connectivity index (χ4v) is 12.0. The van der Waals surface area contributed by atoms with E-state index in [-0.39, 0.29) is 83.4 Å². The number of nitrogens with one attached hydrogen (secondary N) is 1. The molecule has 3 saturated heterocycles. The molecule has 4 aromatic carbocycles. The average Bonchev–Trinajstić information content (AvgIpc) is 3.86. The Kier molecular flexibility index (Phi) is 11.8. The SMILES string of the molecule is COc1cccc2c1C(=O)c1c(O)c3c(c(O)c1C2=O)C[C@@](O)(C(O)=[SH]C(C)(C)CNC(=O)OCC1c2ccccc2-c2ccccc21)C[C@@H]3O[C@H]1C[C@H]2[C@H](O[C@@H]3[C@@H](OC)OCCN32)[C@H](C)O1.